The molecule has 0 bridgehead atoms. The highest BCUT2D eigenvalue weighted by Crippen LogP contribution is 2.28. The number of hydrogen-bond acceptors (Lipinski definition) is 4. The van der Waals surface area contributed by atoms with Gasteiger partial charge in [-0.15, -0.1) is 0 Å². The number of para-hydroxylation sites is 1. The Hall–Kier alpha value is -2.69. The Kier molecular flexibility index (Phi) is 6.07. The number of aryl methyl sites for hydroxylation is 2. The second-order valence-corrected chi connectivity index (χ2v) is 5.43. The number of hydrogen-bond donors (Lipinski definition) is 2. The van der Waals surface area contributed by atoms with Gasteiger partial charge in [0.1, 0.15) is 11.5 Å². The smallest absolute Gasteiger partial charge is 0.243 e. The molecule has 0 heterocycles. The third-order valence-corrected chi connectivity index (χ3v) is 3.85. The summed E-state index contributed by atoms with van der Waals surface area (Å²) in [6.07, 6.45) is 0.869. The monoisotopic (exact) mass is 328 g/mol. The molecule has 0 spiro atoms. The van der Waals surface area contributed by atoms with Crippen molar-refractivity contribution in [3.63, 3.8) is 0 Å². The molecule has 0 atom stereocenters. The summed E-state index contributed by atoms with van der Waals surface area (Å²) in [5.74, 6) is 1.25. The molecule has 2 N–H and O–H groups in total. The Bertz CT molecular complexity index is 714. The molecule has 5 nitrogen and oxygen atoms in total. The Morgan fingerprint density at radius 1 is 1.12 bits per heavy atom. The molecule has 0 fully saturated rings. The van der Waals surface area contributed by atoms with Gasteiger partial charge >= 0.3 is 0 Å². The van der Waals surface area contributed by atoms with Crippen LogP contribution in [0.5, 0.6) is 11.5 Å². The van der Waals surface area contributed by atoms with Gasteiger partial charge in [-0.3, -0.25) is 4.79 Å². The third kappa shape index (κ3) is 4.19. The number of benzene rings is 2. The molecular weight excluding hydrogens is 304 g/mol. The van der Waals surface area contributed by atoms with Crippen molar-refractivity contribution in [3.05, 3.63) is 47.5 Å². The van der Waals surface area contributed by atoms with Gasteiger partial charge in [-0.1, -0.05) is 25.1 Å². The zero-order valence-corrected chi connectivity index (χ0v) is 14.6. The van der Waals surface area contributed by atoms with E-state index in [2.05, 4.69) is 17.6 Å². The van der Waals surface area contributed by atoms with Crippen LogP contribution in [0, 0.1) is 6.92 Å². The van der Waals surface area contributed by atoms with Crippen LogP contribution in [0.15, 0.2) is 36.4 Å². The summed E-state index contributed by atoms with van der Waals surface area (Å²) >= 11 is 0. The van der Waals surface area contributed by atoms with Gasteiger partial charge in [-0.2, -0.15) is 0 Å². The van der Waals surface area contributed by atoms with Gasteiger partial charge in [0.05, 0.1) is 26.5 Å². The first-order valence-corrected chi connectivity index (χ1v) is 7.93. The number of rotatable bonds is 7. The minimum Gasteiger partial charge on any atom is -0.497 e. The van der Waals surface area contributed by atoms with Gasteiger partial charge in [0, 0.05) is 11.8 Å². The molecule has 2 aromatic rings. The van der Waals surface area contributed by atoms with Crippen LogP contribution in [0.25, 0.3) is 0 Å². The highest BCUT2D eigenvalue weighted by Gasteiger charge is 2.10. The van der Waals surface area contributed by atoms with Crippen LogP contribution < -0.4 is 20.1 Å². The number of carbonyl (C=O) groups excluding carboxylic acids is 1. The fourth-order valence-electron chi connectivity index (χ4n) is 2.51. The molecule has 1 amide bonds. The lowest BCUT2D eigenvalue weighted by Gasteiger charge is -2.15. The maximum absolute atomic E-state index is 12.3. The van der Waals surface area contributed by atoms with Crippen LogP contribution in [0.1, 0.15) is 18.1 Å². The van der Waals surface area contributed by atoms with Crippen LogP contribution >= 0.6 is 0 Å². The molecule has 0 aliphatic carbocycles. The van der Waals surface area contributed by atoms with E-state index in [9.17, 15) is 4.79 Å². The Morgan fingerprint density at radius 2 is 1.92 bits per heavy atom. The molecule has 0 aliphatic rings. The summed E-state index contributed by atoms with van der Waals surface area (Å²) in [6.45, 7) is 4.21. The van der Waals surface area contributed by atoms with Crippen LogP contribution in [0.2, 0.25) is 0 Å². The summed E-state index contributed by atoms with van der Waals surface area (Å²) in [5, 5.41) is 6.09. The second kappa shape index (κ2) is 8.24. The van der Waals surface area contributed by atoms with E-state index in [1.165, 1.54) is 0 Å². The lowest BCUT2D eigenvalue weighted by atomic mass is 10.1. The van der Waals surface area contributed by atoms with Crippen molar-refractivity contribution in [3.8, 4) is 11.5 Å². The Morgan fingerprint density at radius 3 is 2.58 bits per heavy atom. The molecule has 0 saturated heterocycles. The van der Waals surface area contributed by atoms with Gasteiger partial charge in [-0.25, -0.2) is 0 Å². The van der Waals surface area contributed by atoms with Gasteiger partial charge in [0.25, 0.3) is 0 Å². The summed E-state index contributed by atoms with van der Waals surface area (Å²) < 4.78 is 10.5. The molecule has 5 heteroatoms. The number of nitrogens with one attached hydrogen (secondary N) is 2. The minimum atomic E-state index is -0.108. The molecule has 0 aliphatic heterocycles. The van der Waals surface area contributed by atoms with E-state index in [1.807, 2.05) is 31.2 Å². The van der Waals surface area contributed by atoms with Crippen molar-refractivity contribution < 1.29 is 14.3 Å². The zero-order chi connectivity index (χ0) is 17.5. The molecule has 0 radical (unpaired) electrons. The lowest BCUT2D eigenvalue weighted by molar-refractivity contribution is -0.114. The highest BCUT2D eigenvalue weighted by atomic mass is 16.5. The quantitative estimate of drug-likeness (QED) is 0.815. The van der Waals surface area contributed by atoms with Gasteiger partial charge < -0.3 is 20.1 Å². The van der Waals surface area contributed by atoms with Crippen molar-refractivity contribution in [2.45, 2.75) is 20.3 Å². The molecular formula is C19H24N2O3. The average molecular weight is 328 g/mol. The topological polar surface area (TPSA) is 59.6 Å². The number of amides is 1. The molecule has 2 aromatic carbocycles. The Labute approximate surface area is 143 Å². The SMILES string of the molecule is CCc1cccc(C)c1NC(=O)CNc1cc(OC)ccc1OC. The van der Waals surface area contributed by atoms with Crippen LogP contribution in [0.3, 0.4) is 0 Å². The minimum absolute atomic E-state index is 0.108. The van der Waals surface area contributed by atoms with Crippen molar-refractivity contribution in [1.29, 1.82) is 0 Å². The lowest BCUT2D eigenvalue weighted by Crippen LogP contribution is -2.23. The molecule has 24 heavy (non-hydrogen) atoms. The molecule has 128 valence electrons. The van der Waals surface area contributed by atoms with Crippen molar-refractivity contribution in [2.24, 2.45) is 0 Å². The summed E-state index contributed by atoms with van der Waals surface area (Å²) in [4.78, 5) is 12.3. The first kappa shape index (κ1) is 17.7. The third-order valence-electron chi connectivity index (χ3n) is 3.85. The first-order chi connectivity index (χ1) is 11.6. The van der Waals surface area contributed by atoms with Crippen molar-refractivity contribution in [2.75, 3.05) is 31.4 Å². The normalized spacial score (nSPS) is 10.2. The number of methoxy groups -OCH3 is 2. The van der Waals surface area contributed by atoms with E-state index in [4.69, 9.17) is 9.47 Å². The number of carbonyl (C=O) groups is 1. The van der Waals surface area contributed by atoms with Gasteiger partial charge in [-0.05, 0) is 36.6 Å². The molecule has 0 unspecified atom stereocenters. The Balaban J connectivity index is 2.07. The highest BCUT2D eigenvalue weighted by molar-refractivity contribution is 5.95. The summed E-state index contributed by atoms with van der Waals surface area (Å²) in [5.41, 5.74) is 3.79. The van der Waals surface area contributed by atoms with E-state index < -0.39 is 0 Å². The molecule has 0 saturated carbocycles. The molecule has 2 rings (SSSR count). The van der Waals surface area contributed by atoms with Crippen molar-refractivity contribution >= 4 is 17.3 Å². The first-order valence-electron chi connectivity index (χ1n) is 7.93. The van der Waals surface area contributed by atoms with Crippen LogP contribution in [0.4, 0.5) is 11.4 Å². The van der Waals surface area contributed by atoms with E-state index in [-0.39, 0.29) is 12.5 Å². The largest absolute Gasteiger partial charge is 0.497 e. The van der Waals surface area contributed by atoms with E-state index in [1.54, 1.807) is 26.4 Å². The number of ether oxygens (including phenoxy) is 2. The van der Waals surface area contributed by atoms with E-state index in [0.717, 1.165) is 23.2 Å². The maximum atomic E-state index is 12.3. The van der Waals surface area contributed by atoms with Crippen molar-refractivity contribution in [1.82, 2.24) is 0 Å². The standard InChI is InChI=1S/C19H24N2O3/c1-5-14-8-6-7-13(2)19(14)21-18(22)12-20-16-11-15(23-3)9-10-17(16)24-4/h6-11,20H,5,12H2,1-4H3,(H,21,22). The number of anilines is 2. The van der Waals surface area contributed by atoms with Gasteiger partial charge in [0.2, 0.25) is 5.91 Å². The fraction of sp³-hybridized carbons (Fsp3) is 0.316. The maximum Gasteiger partial charge on any atom is 0.243 e. The summed E-state index contributed by atoms with van der Waals surface area (Å²) in [6, 6.07) is 11.4. The van der Waals surface area contributed by atoms with E-state index >= 15 is 0 Å². The van der Waals surface area contributed by atoms with Crippen LogP contribution in [-0.4, -0.2) is 26.7 Å². The van der Waals surface area contributed by atoms with E-state index in [0.29, 0.717) is 17.2 Å². The van der Waals surface area contributed by atoms with Crippen LogP contribution in [-0.2, 0) is 11.2 Å². The average Bonchev–Trinajstić information content (AvgIpc) is 2.61. The fourth-order valence-corrected chi connectivity index (χ4v) is 2.51. The zero-order valence-electron chi connectivity index (χ0n) is 14.6. The summed E-state index contributed by atoms with van der Waals surface area (Å²) in [7, 11) is 3.19. The molecule has 0 aromatic heterocycles. The van der Waals surface area contributed by atoms with Gasteiger partial charge in [0.15, 0.2) is 0 Å². The predicted octanol–water partition coefficient (Wildman–Crippen LogP) is 3.63. The second-order valence-electron chi connectivity index (χ2n) is 5.43. The predicted molar refractivity (Wildman–Crippen MR) is 97.2 cm³/mol.